The Bertz CT molecular complexity index is 582. The van der Waals surface area contributed by atoms with Crippen LogP contribution < -0.4 is 5.73 Å². The van der Waals surface area contributed by atoms with Gasteiger partial charge in [0.15, 0.2) is 0 Å². The Morgan fingerprint density at radius 3 is 2.85 bits per heavy atom. The largest absolute Gasteiger partial charge is 0.324 e. The smallest absolute Gasteiger partial charge is 0.138 e. The van der Waals surface area contributed by atoms with Gasteiger partial charge in [-0.3, -0.25) is 0 Å². The van der Waals surface area contributed by atoms with Crippen molar-refractivity contribution in [2.24, 2.45) is 11.7 Å². The van der Waals surface area contributed by atoms with E-state index < -0.39 is 0 Å². The molecule has 1 atom stereocenters. The molecule has 0 saturated heterocycles. The Morgan fingerprint density at radius 2 is 2.15 bits per heavy atom. The summed E-state index contributed by atoms with van der Waals surface area (Å²) in [5.41, 5.74) is 6.92. The second-order valence-electron chi connectivity index (χ2n) is 5.21. The lowest BCUT2D eigenvalue weighted by atomic mass is 10.0. The molecule has 2 aromatic rings. The Hall–Kier alpha value is -1.27. The number of benzene rings is 1. The number of nitrogens with two attached hydrogens (primary N) is 1. The third-order valence-electron chi connectivity index (χ3n) is 3.02. The first-order valence-corrected chi connectivity index (χ1v) is 7.34. The van der Waals surface area contributed by atoms with Crippen LogP contribution in [-0.4, -0.2) is 14.8 Å². The lowest BCUT2D eigenvalue weighted by Gasteiger charge is -2.15. The summed E-state index contributed by atoms with van der Waals surface area (Å²) >= 11 is 3.25. The molecule has 2 N–H and O–H groups in total. The van der Waals surface area contributed by atoms with E-state index in [1.165, 1.54) is 12.4 Å². The van der Waals surface area contributed by atoms with Gasteiger partial charge in [0, 0.05) is 19.0 Å². The fraction of sp³-hybridized carbons (Fsp3) is 0.429. The molecule has 0 bridgehead atoms. The maximum Gasteiger partial charge on any atom is 0.138 e. The van der Waals surface area contributed by atoms with E-state index in [0.717, 1.165) is 17.9 Å². The molecule has 0 radical (unpaired) electrons. The van der Waals surface area contributed by atoms with Crippen LogP contribution in [0.1, 0.15) is 31.3 Å². The number of hydrogen-bond donors (Lipinski definition) is 1. The molecule has 0 spiro atoms. The van der Waals surface area contributed by atoms with Crippen LogP contribution in [0.15, 0.2) is 29.0 Å². The molecule has 6 heteroatoms. The first-order chi connectivity index (χ1) is 9.49. The summed E-state index contributed by atoms with van der Waals surface area (Å²) in [7, 11) is 0. The van der Waals surface area contributed by atoms with Crippen molar-refractivity contribution in [3.05, 3.63) is 46.2 Å². The zero-order chi connectivity index (χ0) is 14.7. The monoisotopic (exact) mass is 340 g/mol. The quantitative estimate of drug-likeness (QED) is 0.909. The van der Waals surface area contributed by atoms with Gasteiger partial charge in [-0.1, -0.05) is 26.0 Å². The first-order valence-electron chi connectivity index (χ1n) is 6.55. The van der Waals surface area contributed by atoms with Crippen LogP contribution >= 0.6 is 15.9 Å². The molecule has 0 amide bonds. The number of halogens is 2. The van der Waals surface area contributed by atoms with E-state index in [2.05, 4.69) is 39.9 Å². The van der Waals surface area contributed by atoms with E-state index in [4.69, 9.17) is 5.73 Å². The Morgan fingerprint density at radius 1 is 1.40 bits per heavy atom. The second-order valence-corrected chi connectivity index (χ2v) is 6.00. The van der Waals surface area contributed by atoms with Crippen molar-refractivity contribution in [2.45, 2.75) is 32.9 Å². The minimum atomic E-state index is -0.324. The third-order valence-corrected chi connectivity index (χ3v) is 3.85. The molecule has 1 aromatic carbocycles. The number of aromatic nitrogens is 3. The molecule has 2 rings (SSSR count). The molecule has 0 aliphatic carbocycles. The molecule has 0 aliphatic heterocycles. The minimum absolute atomic E-state index is 0.304. The minimum Gasteiger partial charge on any atom is -0.324 e. The maximum absolute atomic E-state index is 13.5. The van der Waals surface area contributed by atoms with E-state index in [9.17, 15) is 4.39 Å². The molecule has 20 heavy (non-hydrogen) atoms. The van der Waals surface area contributed by atoms with Gasteiger partial charge < -0.3 is 5.73 Å². The predicted molar refractivity (Wildman–Crippen MR) is 79.6 cm³/mol. The van der Waals surface area contributed by atoms with Crippen molar-refractivity contribution in [1.82, 2.24) is 14.8 Å². The fourth-order valence-corrected chi connectivity index (χ4v) is 2.62. The van der Waals surface area contributed by atoms with Gasteiger partial charge in [-0.15, -0.1) is 0 Å². The van der Waals surface area contributed by atoms with E-state index >= 15 is 0 Å². The molecular weight excluding hydrogens is 323 g/mol. The molecule has 0 saturated carbocycles. The van der Waals surface area contributed by atoms with Crippen molar-refractivity contribution in [3.8, 4) is 0 Å². The molecule has 1 unspecified atom stereocenters. The van der Waals surface area contributed by atoms with E-state index in [1.807, 2.05) is 10.7 Å². The van der Waals surface area contributed by atoms with Crippen LogP contribution in [0.5, 0.6) is 0 Å². The summed E-state index contributed by atoms with van der Waals surface area (Å²) in [6, 6.07) is 4.56. The lowest BCUT2D eigenvalue weighted by Crippen LogP contribution is -2.19. The van der Waals surface area contributed by atoms with Crippen LogP contribution in [0.4, 0.5) is 4.39 Å². The van der Waals surface area contributed by atoms with Crippen molar-refractivity contribution in [2.75, 3.05) is 0 Å². The molecule has 0 aliphatic rings. The van der Waals surface area contributed by atoms with Crippen LogP contribution in [0.2, 0.25) is 0 Å². The van der Waals surface area contributed by atoms with E-state index in [1.54, 1.807) is 6.07 Å². The third kappa shape index (κ3) is 3.43. The zero-order valence-corrected chi connectivity index (χ0v) is 13.1. The molecule has 108 valence electrons. The molecular formula is C14H18BrFN4. The van der Waals surface area contributed by atoms with Crippen LogP contribution in [0.25, 0.3) is 0 Å². The summed E-state index contributed by atoms with van der Waals surface area (Å²) < 4.78 is 15.8. The van der Waals surface area contributed by atoms with Gasteiger partial charge in [-0.2, -0.15) is 5.10 Å². The highest BCUT2D eigenvalue weighted by Gasteiger charge is 2.16. The van der Waals surface area contributed by atoms with E-state index in [-0.39, 0.29) is 11.9 Å². The van der Waals surface area contributed by atoms with Gasteiger partial charge in [-0.05, 0) is 33.5 Å². The van der Waals surface area contributed by atoms with Gasteiger partial charge in [0.25, 0.3) is 0 Å². The van der Waals surface area contributed by atoms with Crippen LogP contribution in [0.3, 0.4) is 0 Å². The zero-order valence-electron chi connectivity index (χ0n) is 11.6. The average Bonchev–Trinajstić information content (AvgIpc) is 2.79. The Balaban J connectivity index is 2.17. The predicted octanol–water partition coefficient (Wildman–Crippen LogP) is 3.08. The molecule has 1 aromatic heterocycles. The standard InChI is InChI=1S/C14H18BrFN4/c1-9(2)7-20-13(18-8-19-20)6-12(17)10-4-3-5-11(16)14(10)15/h3-5,8-9,12H,6-7,17H2,1-2H3. The number of nitrogens with zero attached hydrogens (tertiary/aromatic N) is 3. The summed E-state index contributed by atoms with van der Waals surface area (Å²) in [5, 5.41) is 4.21. The maximum atomic E-state index is 13.5. The van der Waals surface area contributed by atoms with Gasteiger partial charge in [0.2, 0.25) is 0 Å². The molecule has 4 nitrogen and oxygen atoms in total. The summed E-state index contributed by atoms with van der Waals surface area (Å²) in [6.45, 7) is 5.04. The van der Waals surface area contributed by atoms with Gasteiger partial charge >= 0.3 is 0 Å². The van der Waals surface area contributed by atoms with Gasteiger partial charge in [0.1, 0.15) is 18.0 Å². The van der Waals surface area contributed by atoms with Crippen molar-refractivity contribution in [3.63, 3.8) is 0 Å². The lowest BCUT2D eigenvalue weighted by molar-refractivity contribution is 0.459. The highest BCUT2D eigenvalue weighted by Crippen LogP contribution is 2.26. The van der Waals surface area contributed by atoms with Crippen molar-refractivity contribution >= 4 is 15.9 Å². The summed E-state index contributed by atoms with van der Waals surface area (Å²) in [4.78, 5) is 4.25. The second kappa shape index (κ2) is 6.45. The van der Waals surface area contributed by atoms with Crippen molar-refractivity contribution in [1.29, 1.82) is 0 Å². The Labute approximate surface area is 126 Å². The van der Waals surface area contributed by atoms with Gasteiger partial charge in [0.05, 0.1) is 4.47 Å². The van der Waals surface area contributed by atoms with Crippen LogP contribution in [-0.2, 0) is 13.0 Å². The average molecular weight is 341 g/mol. The summed E-state index contributed by atoms with van der Waals surface area (Å²) in [6.07, 6.45) is 2.06. The normalized spacial score (nSPS) is 12.9. The number of rotatable bonds is 5. The first kappa shape index (κ1) is 15.1. The fourth-order valence-electron chi connectivity index (χ4n) is 2.06. The topological polar surface area (TPSA) is 56.7 Å². The van der Waals surface area contributed by atoms with Crippen molar-refractivity contribution < 1.29 is 4.39 Å². The molecule has 1 heterocycles. The summed E-state index contributed by atoms with van der Waals surface area (Å²) in [5.74, 6) is 0.997. The SMILES string of the molecule is CC(C)Cn1ncnc1CC(N)c1cccc(F)c1Br. The molecule has 0 fully saturated rings. The number of hydrogen-bond acceptors (Lipinski definition) is 3. The highest BCUT2D eigenvalue weighted by atomic mass is 79.9. The van der Waals surface area contributed by atoms with Gasteiger partial charge in [-0.25, -0.2) is 14.1 Å². The highest BCUT2D eigenvalue weighted by molar-refractivity contribution is 9.10. The Kier molecular flexibility index (Phi) is 4.88. The van der Waals surface area contributed by atoms with E-state index in [0.29, 0.717) is 16.8 Å². The van der Waals surface area contributed by atoms with Crippen LogP contribution in [0, 0.1) is 11.7 Å².